The van der Waals surface area contributed by atoms with Crippen molar-refractivity contribution in [3.63, 3.8) is 0 Å². The predicted molar refractivity (Wildman–Crippen MR) is 134 cm³/mol. The average molecular weight is 499 g/mol. The van der Waals surface area contributed by atoms with Crippen LogP contribution in [0.5, 0.6) is 0 Å². The van der Waals surface area contributed by atoms with Crippen LogP contribution in [0.25, 0.3) is 0 Å². The molecule has 2 N–H and O–H groups in total. The second-order valence-electron chi connectivity index (χ2n) is 7.90. The minimum Gasteiger partial charge on any atom is -0.394 e. The van der Waals surface area contributed by atoms with Crippen LogP contribution < -0.4 is 10.2 Å². The lowest BCUT2D eigenvalue weighted by molar-refractivity contribution is 0.0236. The van der Waals surface area contributed by atoms with E-state index < -0.39 is 0 Å². The number of aliphatic hydroxyl groups is 1. The number of rotatable bonds is 6. The lowest BCUT2D eigenvalue weighted by Crippen LogP contribution is -2.31. The summed E-state index contributed by atoms with van der Waals surface area (Å²) in [7, 11) is 0. The highest BCUT2D eigenvalue weighted by atomic mass is 35.5. The van der Waals surface area contributed by atoms with Crippen molar-refractivity contribution in [2.24, 2.45) is 0 Å². The van der Waals surface area contributed by atoms with Crippen LogP contribution in [0.15, 0.2) is 66.7 Å². The van der Waals surface area contributed by atoms with Gasteiger partial charge in [0.2, 0.25) is 0 Å². The van der Waals surface area contributed by atoms with E-state index in [4.69, 9.17) is 33.0 Å². The number of anilines is 2. The number of carbonyl (C=O) groups excluding carboxylic acids is 2. The Labute approximate surface area is 208 Å². The lowest BCUT2D eigenvalue weighted by Gasteiger charge is -2.24. The Morgan fingerprint density at radius 2 is 1.82 bits per heavy atom. The van der Waals surface area contributed by atoms with Gasteiger partial charge in [-0.1, -0.05) is 35.3 Å². The van der Waals surface area contributed by atoms with Gasteiger partial charge in [-0.2, -0.15) is 0 Å². The van der Waals surface area contributed by atoms with Gasteiger partial charge in [0.15, 0.2) is 0 Å². The Morgan fingerprint density at radius 1 is 1.06 bits per heavy atom. The summed E-state index contributed by atoms with van der Waals surface area (Å²) < 4.78 is 5.83. The predicted octanol–water partition coefficient (Wildman–Crippen LogP) is 5.74. The Bertz CT molecular complexity index is 1180. The number of hydrogen-bond acceptors (Lipinski definition) is 4. The molecule has 1 aliphatic heterocycles. The molecule has 34 heavy (non-hydrogen) atoms. The molecule has 1 heterocycles. The van der Waals surface area contributed by atoms with E-state index in [-0.39, 0.29) is 31.1 Å². The fourth-order valence-corrected chi connectivity index (χ4v) is 4.42. The van der Waals surface area contributed by atoms with Crippen LogP contribution in [0.2, 0.25) is 10.0 Å². The monoisotopic (exact) mass is 498 g/mol. The normalized spacial score (nSPS) is 15.4. The van der Waals surface area contributed by atoms with Crippen molar-refractivity contribution < 1.29 is 19.4 Å². The van der Waals surface area contributed by atoms with E-state index in [1.165, 1.54) is 0 Å². The molecule has 0 fully saturated rings. The summed E-state index contributed by atoms with van der Waals surface area (Å²) in [5, 5.41) is 12.9. The highest BCUT2D eigenvalue weighted by Crippen LogP contribution is 2.37. The van der Waals surface area contributed by atoms with Crippen molar-refractivity contribution in [1.29, 1.82) is 0 Å². The summed E-state index contributed by atoms with van der Waals surface area (Å²) in [6.07, 6.45) is 1.20. The van der Waals surface area contributed by atoms with Gasteiger partial charge in [0.05, 0.1) is 29.9 Å². The molecule has 1 aliphatic rings. The summed E-state index contributed by atoms with van der Waals surface area (Å²) in [5.74, 6) is -0.479. The number of nitrogens with zero attached hydrogens (tertiary/aromatic N) is 1. The number of carbonyl (C=O) groups is 2. The molecule has 3 aromatic rings. The number of halogens is 2. The van der Waals surface area contributed by atoms with Gasteiger partial charge in [0, 0.05) is 34.1 Å². The third kappa shape index (κ3) is 5.42. The zero-order valence-corrected chi connectivity index (χ0v) is 19.9. The summed E-state index contributed by atoms with van der Waals surface area (Å²) in [5.41, 5.74) is 3.00. The van der Waals surface area contributed by atoms with Crippen LogP contribution in [0.3, 0.4) is 0 Å². The van der Waals surface area contributed by atoms with E-state index in [9.17, 15) is 9.59 Å². The van der Waals surface area contributed by atoms with Crippen molar-refractivity contribution in [3.8, 4) is 0 Å². The quantitative estimate of drug-likeness (QED) is 0.454. The maximum absolute atomic E-state index is 13.4. The summed E-state index contributed by atoms with van der Waals surface area (Å²) in [6.45, 7) is 0.664. The molecular formula is C26H24Cl2N2O4. The van der Waals surface area contributed by atoms with Gasteiger partial charge in [-0.05, 0) is 67.4 Å². The molecule has 0 bridgehead atoms. The van der Waals surface area contributed by atoms with Crippen LogP contribution in [0.1, 0.15) is 45.2 Å². The van der Waals surface area contributed by atoms with Crippen molar-refractivity contribution in [3.05, 3.63) is 93.5 Å². The lowest BCUT2D eigenvalue weighted by atomic mass is 10.0. The van der Waals surface area contributed by atoms with Gasteiger partial charge in [-0.15, -0.1) is 0 Å². The van der Waals surface area contributed by atoms with Gasteiger partial charge < -0.3 is 20.1 Å². The number of nitrogens with one attached hydrogen (secondary N) is 1. The highest BCUT2D eigenvalue weighted by molar-refractivity contribution is 6.34. The van der Waals surface area contributed by atoms with Crippen LogP contribution in [-0.4, -0.2) is 36.7 Å². The minimum atomic E-state index is -0.322. The molecule has 2 amide bonds. The molecule has 1 atom stereocenters. The smallest absolute Gasteiger partial charge is 0.258 e. The maximum Gasteiger partial charge on any atom is 0.258 e. The topological polar surface area (TPSA) is 78.9 Å². The summed E-state index contributed by atoms with van der Waals surface area (Å²) >= 11 is 12.3. The SMILES string of the molecule is O=C(Nc1ccc(C(=O)N2CCCC(OCCO)c3cc(Cl)ccc32)cc1)c1ccccc1Cl. The number of benzene rings is 3. The van der Waals surface area contributed by atoms with Gasteiger partial charge in [0.25, 0.3) is 11.8 Å². The second kappa shape index (κ2) is 11.0. The Hall–Kier alpha value is -2.90. The van der Waals surface area contributed by atoms with Gasteiger partial charge in [0.1, 0.15) is 0 Å². The van der Waals surface area contributed by atoms with Crippen LogP contribution in [-0.2, 0) is 4.74 Å². The molecular weight excluding hydrogens is 475 g/mol. The molecule has 1 unspecified atom stereocenters. The zero-order valence-electron chi connectivity index (χ0n) is 18.3. The highest BCUT2D eigenvalue weighted by Gasteiger charge is 2.28. The average Bonchev–Trinajstić information content (AvgIpc) is 3.02. The van der Waals surface area contributed by atoms with Crippen molar-refractivity contribution in [1.82, 2.24) is 0 Å². The number of aliphatic hydroxyl groups excluding tert-OH is 1. The number of hydrogen-bond donors (Lipinski definition) is 2. The first kappa shape index (κ1) is 24.2. The van der Waals surface area contributed by atoms with Gasteiger partial charge >= 0.3 is 0 Å². The number of ether oxygens (including phenoxy) is 1. The third-order valence-corrected chi connectivity index (χ3v) is 6.20. The third-order valence-electron chi connectivity index (χ3n) is 5.64. The van der Waals surface area contributed by atoms with Gasteiger partial charge in [-0.25, -0.2) is 0 Å². The molecule has 0 saturated carbocycles. The molecule has 176 valence electrons. The molecule has 0 saturated heterocycles. The minimum absolute atomic E-state index is 0.0750. The second-order valence-corrected chi connectivity index (χ2v) is 8.74. The molecule has 0 radical (unpaired) electrons. The largest absolute Gasteiger partial charge is 0.394 e. The summed E-state index contributed by atoms with van der Waals surface area (Å²) in [6, 6.07) is 19.0. The Kier molecular flexibility index (Phi) is 7.85. The van der Waals surface area contributed by atoms with Crippen molar-refractivity contribution in [2.75, 3.05) is 30.0 Å². The van der Waals surface area contributed by atoms with E-state index in [1.807, 2.05) is 12.1 Å². The fraction of sp³-hybridized carbons (Fsp3) is 0.231. The zero-order chi connectivity index (χ0) is 24.1. The number of amides is 2. The van der Waals surface area contributed by atoms with Crippen molar-refractivity contribution in [2.45, 2.75) is 18.9 Å². The Balaban J connectivity index is 1.54. The van der Waals surface area contributed by atoms with E-state index in [0.29, 0.717) is 39.8 Å². The van der Waals surface area contributed by atoms with Gasteiger partial charge in [-0.3, -0.25) is 9.59 Å². The standard InChI is InChI=1S/C26H24Cl2N2O4/c27-18-9-12-23-21(16-18)24(34-15-14-31)6-3-13-30(23)26(33)17-7-10-19(11-8-17)29-25(32)20-4-1-2-5-22(20)28/h1-2,4-5,7-12,16,24,31H,3,6,13-15H2,(H,29,32). The fourth-order valence-electron chi connectivity index (χ4n) is 4.01. The van der Waals surface area contributed by atoms with E-state index in [2.05, 4.69) is 5.32 Å². The van der Waals surface area contributed by atoms with E-state index in [1.54, 1.807) is 59.5 Å². The number of fused-ring (bicyclic) bond motifs is 1. The molecule has 0 spiro atoms. The van der Waals surface area contributed by atoms with Crippen LogP contribution in [0.4, 0.5) is 11.4 Å². The van der Waals surface area contributed by atoms with Crippen LogP contribution in [0, 0.1) is 0 Å². The maximum atomic E-state index is 13.4. The summed E-state index contributed by atoms with van der Waals surface area (Å²) in [4.78, 5) is 27.7. The van der Waals surface area contributed by atoms with Crippen molar-refractivity contribution >= 4 is 46.4 Å². The first-order chi connectivity index (χ1) is 16.5. The molecule has 8 heteroatoms. The molecule has 6 nitrogen and oxygen atoms in total. The molecule has 0 aliphatic carbocycles. The molecule has 4 rings (SSSR count). The molecule has 0 aromatic heterocycles. The first-order valence-electron chi connectivity index (χ1n) is 11.0. The van der Waals surface area contributed by atoms with E-state index in [0.717, 1.165) is 17.7 Å². The Morgan fingerprint density at radius 3 is 2.56 bits per heavy atom. The van der Waals surface area contributed by atoms with Crippen LogP contribution >= 0.6 is 23.2 Å². The molecule has 3 aromatic carbocycles. The van der Waals surface area contributed by atoms with E-state index >= 15 is 0 Å². The first-order valence-corrected chi connectivity index (χ1v) is 11.7.